The van der Waals surface area contributed by atoms with E-state index in [1.165, 1.54) is 12.1 Å². The van der Waals surface area contributed by atoms with E-state index in [2.05, 4.69) is 12.2 Å². The number of nitrogens with one attached hydrogen (secondary N) is 1. The van der Waals surface area contributed by atoms with E-state index in [4.69, 9.17) is 11.6 Å². The Morgan fingerprint density at radius 2 is 1.66 bits per heavy atom. The average molecular weight is 419 g/mol. The molecule has 0 unspecified atom stereocenters. The van der Waals surface area contributed by atoms with Gasteiger partial charge in [0.05, 0.1) is 6.42 Å². The molecular weight excluding hydrogens is 391 g/mol. The van der Waals surface area contributed by atoms with Crippen LogP contribution in [-0.2, 0) is 22.6 Å². The smallest absolute Gasteiger partial charge is 0.242 e. The molecule has 0 aliphatic heterocycles. The number of halogens is 2. The van der Waals surface area contributed by atoms with E-state index in [1.807, 2.05) is 19.1 Å². The molecule has 6 heteroatoms. The Labute approximate surface area is 177 Å². The summed E-state index contributed by atoms with van der Waals surface area (Å²) in [6.45, 7) is 4.84. The molecule has 0 aliphatic rings. The van der Waals surface area contributed by atoms with Gasteiger partial charge >= 0.3 is 0 Å². The number of nitrogens with zero attached hydrogens (tertiary/aromatic N) is 1. The summed E-state index contributed by atoms with van der Waals surface area (Å²) in [7, 11) is 0. The summed E-state index contributed by atoms with van der Waals surface area (Å²) in [5, 5.41) is 3.55. The number of benzene rings is 2. The molecule has 2 amide bonds. The van der Waals surface area contributed by atoms with E-state index >= 15 is 0 Å². The molecule has 0 aliphatic carbocycles. The van der Waals surface area contributed by atoms with E-state index in [-0.39, 0.29) is 24.1 Å². The highest BCUT2D eigenvalue weighted by Gasteiger charge is 2.28. The lowest BCUT2D eigenvalue weighted by molar-refractivity contribution is -0.140. The molecule has 156 valence electrons. The molecule has 0 aromatic heterocycles. The van der Waals surface area contributed by atoms with Crippen LogP contribution in [0.3, 0.4) is 0 Å². The van der Waals surface area contributed by atoms with Gasteiger partial charge in [0.1, 0.15) is 11.9 Å². The van der Waals surface area contributed by atoms with Crippen LogP contribution in [0.5, 0.6) is 0 Å². The summed E-state index contributed by atoms with van der Waals surface area (Å²) in [6.07, 6.45) is 2.48. The Bertz CT molecular complexity index is 794. The second kappa shape index (κ2) is 11.6. The molecule has 0 bridgehead atoms. The number of unbranched alkanes of at least 4 members (excludes halogenated alkanes) is 1. The molecule has 0 saturated heterocycles. The standard InChI is InChI=1S/C23H28ClFN2O2/c1-3-5-14-26-23(29)21(4-2)27(16-18-6-10-19(24)11-7-18)22(28)15-17-8-12-20(25)13-9-17/h6-13,21H,3-5,14-16H2,1-2H3,(H,26,29)/t21-/m0/s1. The van der Waals surface area contributed by atoms with E-state index in [9.17, 15) is 14.0 Å². The first-order valence-electron chi connectivity index (χ1n) is 10.0. The van der Waals surface area contributed by atoms with Crippen molar-refractivity contribution in [1.29, 1.82) is 0 Å². The van der Waals surface area contributed by atoms with Crippen molar-refractivity contribution in [2.75, 3.05) is 6.54 Å². The Morgan fingerprint density at radius 3 is 2.24 bits per heavy atom. The monoisotopic (exact) mass is 418 g/mol. The van der Waals surface area contributed by atoms with Crippen LogP contribution in [0.2, 0.25) is 5.02 Å². The van der Waals surface area contributed by atoms with Gasteiger partial charge in [-0.2, -0.15) is 0 Å². The molecule has 0 spiro atoms. The largest absolute Gasteiger partial charge is 0.354 e. The van der Waals surface area contributed by atoms with Crippen LogP contribution in [0.25, 0.3) is 0 Å². The van der Waals surface area contributed by atoms with Crippen molar-refractivity contribution < 1.29 is 14.0 Å². The zero-order chi connectivity index (χ0) is 21.2. The number of carbonyl (C=O) groups is 2. The van der Waals surface area contributed by atoms with Crippen LogP contribution in [0.1, 0.15) is 44.2 Å². The second-order valence-corrected chi connectivity index (χ2v) is 7.46. The molecular formula is C23H28ClFN2O2. The Hall–Kier alpha value is -2.40. The highest BCUT2D eigenvalue weighted by atomic mass is 35.5. The summed E-state index contributed by atoms with van der Waals surface area (Å²) < 4.78 is 13.2. The summed E-state index contributed by atoms with van der Waals surface area (Å²) >= 11 is 5.97. The molecule has 2 aromatic carbocycles. The molecule has 4 nitrogen and oxygen atoms in total. The van der Waals surface area contributed by atoms with Gasteiger partial charge in [0.2, 0.25) is 11.8 Å². The van der Waals surface area contributed by atoms with Gasteiger partial charge in [0.25, 0.3) is 0 Å². The number of rotatable bonds is 10. The first-order chi connectivity index (χ1) is 13.9. The van der Waals surface area contributed by atoms with Crippen molar-refractivity contribution in [2.45, 2.75) is 52.1 Å². The quantitative estimate of drug-likeness (QED) is 0.566. The average Bonchev–Trinajstić information content (AvgIpc) is 2.71. The maximum Gasteiger partial charge on any atom is 0.242 e. The van der Waals surface area contributed by atoms with Crippen LogP contribution in [0.4, 0.5) is 4.39 Å². The van der Waals surface area contributed by atoms with Gasteiger partial charge in [-0.25, -0.2) is 4.39 Å². The summed E-state index contributed by atoms with van der Waals surface area (Å²) in [6, 6.07) is 12.5. The normalized spacial score (nSPS) is 11.7. The van der Waals surface area contributed by atoms with Crippen LogP contribution >= 0.6 is 11.6 Å². The number of carbonyl (C=O) groups excluding carboxylic acids is 2. The zero-order valence-electron chi connectivity index (χ0n) is 17.0. The summed E-state index contributed by atoms with van der Waals surface area (Å²) in [4.78, 5) is 27.5. The second-order valence-electron chi connectivity index (χ2n) is 7.02. The van der Waals surface area contributed by atoms with Gasteiger partial charge in [-0.05, 0) is 48.2 Å². The third kappa shape index (κ3) is 7.17. The predicted molar refractivity (Wildman–Crippen MR) is 114 cm³/mol. The first-order valence-corrected chi connectivity index (χ1v) is 10.4. The minimum Gasteiger partial charge on any atom is -0.354 e. The van der Waals surface area contributed by atoms with E-state index in [0.29, 0.717) is 30.1 Å². The molecule has 2 rings (SSSR count). The van der Waals surface area contributed by atoms with Gasteiger partial charge in [-0.15, -0.1) is 0 Å². The zero-order valence-corrected chi connectivity index (χ0v) is 17.7. The van der Waals surface area contributed by atoms with Gasteiger partial charge in [0, 0.05) is 18.1 Å². The first kappa shape index (κ1) is 22.9. The molecule has 2 aromatic rings. The SMILES string of the molecule is CCCCNC(=O)[C@H](CC)N(Cc1ccc(Cl)cc1)C(=O)Cc1ccc(F)cc1. The fourth-order valence-corrected chi connectivity index (χ4v) is 3.22. The minimum absolute atomic E-state index is 0.104. The van der Waals surface area contributed by atoms with Gasteiger partial charge in [-0.1, -0.05) is 56.1 Å². The van der Waals surface area contributed by atoms with Crippen LogP contribution < -0.4 is 5.32 Å². The van der Waals surface area contributed by atoms with Crippen molar-refractivity contribution in [3.8, 4) is 0 Å². The third-order valence-electron chi connectivity index (χ3n) is 4.75. The van der Waals surface area contributed by atoms with Crippen LogP contribution in [0, 0.1) is 5.82 Å². The molecule has 29 heavy (non-hydrogen) atoms. The Balaban J connectivity index is 2.22. The van der Waals surface area contributed by atoms with Crippen molar-refractivity contribution in [2.24, 2.45) is 0 Å². The van der Waals surface area contributed by atoms with Crippen LogP contribution in [-0.4, -0.2) is 29.3 Å². The predicted octanol–water partition coefficient (Wildman–Crippen LogP) is 4.75. The Kier molecular flexibility index (Phi) is 9.13. The minimum atomic E-state index is -0.574. The lowest BCUT2D eigenvalue weighted by Gasteiger charge is -2.31. The molecule has 1 atom stereocenters. The van der Waals surface area contributed by atoms with Crippen molar-refractivity contribution in [3.05, 3.63) is 70.5 Å². The maximum atomic E-state index is 13.2. The summed E-state index contributed by atoms with van der Waals surface area (Å²) in [5.41, 5.74) is 1.60. The van der Waals surface area contributed by atoms with Crippen molar-refractivity contribution >= 4 is 23.4 Å². The van der Waals surface area contributed by atoms with Crippen molar-refractivity contribution in [3.63, 3.8) is 0 Å². The van der Waals surface area contributed by atoms with Gasteiger partial charge in [0.15, 0.2) is 0 Å². The number of hydrogen-bond acceptors (Lipinski definition) is 2. The molecule has 0 radical (unpaired) electrons. The maximum absolute atomic E-state index is 13.2. The molecule has 0 heterocycles. The summed E-state index contributed by atoms with van der Waals surface area (Å²) in [5.74, 6) is -0.674. The fraction of sp³-hybridized carbons (Fsp3) is 0.391. The van der Waals surface area contributed by atoms with Gasteiger partial charge < -0.3 is 10.2 Å². The van der Waals surface area contributed by atoms with E-state index in [0.717, 1.165) is 18.4 Å². The lowest BCUT2D eigenvalue weighted by atomic mass is 10.1. The Morgan fingerprint density at radius 1 is 1.03 bits per heavy atom. The van der Waals surface area contributed by atoms with Crippen molar-refractivity contribution in [1.82, 2.24) is 10.2 Å². The fourth-order valence-electron chi connectivity index (χ4n) is 3.09. The third-order valence-corrected chi connectivity index (χ3v) is 5.00. The highest BCUT2D eigenvalue weighted by molar-refractivity contribution is 6.30. The van der Waals surface area contributed by atoms with Gasteiger partial charge in [-0.3, -0.25) is 9.59 Å². The lowest BCUT2D eigenvalue weighted by Crippen LogP contribution is -2.49. The molecule has 0 saturated carbocycles. The molecule has 1 N–H and O–H groups in total. The number of hydrogen-bond donors (Lipinski definition) is 1. The molecule has 0 fully saturated rings. The van der Waals surface area contributed by atoms with Crippen LogP contribution in [0.15, 0.2) is 48.5 Å². The number of amides is 2. The highest BCUT2D eigenvalue weighted by Crippen LogP contribution is 2.17. The topological polar surface area (TPSA) is 49.4 Å². The van der Waals surface area contributed by atoms with E-state index < -0.39 is 6.04 Å². The van der Waals surface area contributed by atoms with E-state index in [1.54, 1.807) is 29.2 Å².